The molecule has 21 heavy (non-hydrogen) atoms. The van der Waals surface area contributed by atoms with Crippen LogP contribution in [0, 0.1) is 13.8 Å². The minimum Gasteiger partial charge on any atom is -0.359 e. The van der Waals surface area contributed by atoms with E-state index in [9.17, 15) is 4.79 Å². The summed E-state index contributed by atoms with van der Waals surface area (Å²) in [6, 6.07) is 13.5. The Kier molecular flexibility index (Phi) is 3.36. The summed E-state index contributed by atoms with van der Waals surface area (Å²) in [6.07, 6.45) is 1.80. The van der Waals surface area contributed by atoms with E-state index < -0.39 is 0 Å². The number of H-pyrrole nitrogens is 1. The third-order valence-corrected chi connectivity index (χ3v) is 3.69. The summed E-state index contributed by atoms with van der Waals surface area (Å²) < 4.78 is 0. The lowest BCUT2D eigenvalue weighted by Crippen LogP contribution is -2.19. The average Bonchev–Trinajstić information content (AvgIpc) is 2.87. The zero-order valence-electron chi connectivity index (χ0n) is 12.0. The highest BCUT2D eigenvalue weighted by molar-refractivity contribution is 6.06. The molecule has 4 heteroatoms. The van der Waals surface area contributed by atoms with E-state index >= 15 is 0 Å². The molecule has 0 saturated carbocycles. The molecule has 0 atom stereocenters. The number of carbonyl (C=O) groups is 1. The third kappa shape index (κ3) is 2.60. The van der Waals surface area contributed by atoms with E-state index in [-0.39, 0.29) is 6.03 Å². The number of urea groups is 1. The van der Waals surface area contributed by atoms with Crippen molar-refractivity contribution in [2.75, 3.05) is 10.6 Å². The van der Waals surface area contributed by atoms with Crippen molar-refractivity contribution in [3.63, 3.8) is 0 Å². The topological polar surface area (TPSA) is 56.9 Å². The molecule has 0 radical (unpaired) electrons. The van der Waals surface area contributed by atoms with Crippen LogP contribution in [0.5, 0.6) is 0 Å². The molecule has 3 rings (SSSR count). The van der Waals surface area contributed by atoms with Gasteiger partial charge in [-0.05, 0) is 37.1 Å². The monoisotopic (exact) mass is 279 g/mol. The van der Waals surface area contributed by atoms with Crippen molar-refractivity contribution in [1.82, 2.24) is 4.98 Å². The molecule has 0 fully saturated rings. The fourth-order valence-electron chi connectivity index (χ4n) is 2.34. The van der Waals surface area contributed by atoms with Crippen LogP contribution >= 0.6 is 0 Å². The number of amides is 2. The highest BCUT2D eigenvalue weighted by Crippen LogP contribution is 2.23. The zero-order valence-corrected chi connectivity index (χ0v) is 12.0. The Morgan fingerprint density at radius 1 is 0.952 bits per heavy atom. The van der Waals surface area contributed by atoms with Crippen molar-refractivity contribution in [2.45, 2.75) is 13.8 Å². The quantitative estimate of drug-likeness (QED) is 0.638. The number of benzene rings is 2. The van der Waals surface area contributed by atoms with Gasteiger partial charge < -0.3 is 15.6 Å². The van der Waals surface area contributed by atoms with Crippen LogP contribution < -0.4 is 10.6 Å². The number of fused-ring (bicyclic) bond motifs is 1. The Balaban J connectivity index is 1.79. The number of hydrogen-bond acceptors (Lipinski definition) is 1. The number of carbonyl (C=O) groups excluding carboxylic acids is 1. The van der Waals surface area contributed by atoms with Gasteiger partial charge in [-0.25, -0.2) is 4.79 Å². The smallest absolute Gasteiger partial charge is 0.323 e. The van der Waals surface area contributed by atoms with E-state index in [4.69, 9.17) is 0 Å². The fraction of sp³-hybridized carbons (Fsp3) is 0.118. The molecule has 0 bridgehead atoms. The van der Waals surface area contributed by atoms with Gasteiger partial charge in [-0.15, -0.1) is 0 Å². The highest BCUT2D eigenvalue weighted by Gasteiger charge is 2.09. The largest absolute Gasteiger partial charge is 0.359 e. The number of aromatic nitrogens is 1. The van der Waals surface area contributed by atoms with Gasteiger partial charge in [0, 0.05) is 22.8 Å². The molecule has 0 saturated heterocycles. The summed E-state index contributed by atoms with van der Waals surface area (Å²) in [4.78, 5) is 15.3. The Hall–Kier alpha value is -2.75. The Morgan fingerprint density at radius 3 is 2.57 bits per heavy atom. The number of para-hydroxylation sites is 1. The molecule has 0 aliphatic carbocycles. The van der Waals surface area contributed by atoms with Gasteiger partial charge in [-0.1, -0.05) is 30.3 Å². The van der Waals surface area contributed by atoms with Crippen LogP contribution in [0.1, 0.15) is 11.1 Å². The average molecular weight is 279 g/mol. The summed E-state index contributed by atoms with van der Waals surface area (Å²) in [6.45, 7) is 4.02. The first-order valence-corrected chi connectivity index (χ1v) is 6.85. The van der Waals surface area contributed by atoms with Gasteiger partial charge >= 0.3 is 6.03 Å². The van der Waals surface area contributed by atoms with Crippen molar-refractivity contribution in [2.24, 2.45) is 0 Å². The minimum atomic E-state index is -0.242. The normalized spacial score (nSPS) is 10.6. The Bertz CT molecular complexity index is 805. The lowest BCUT2D eigenvalue weighted by Gasteiger charge is -2.11. The number of nitrogens with one attached hydrogen (secondary N) is 3. The van der Waals surface area contributed by atoms with Gasteiger partial charge in [-0.3, -0.25) is 0 Å². The lowest BCUT2D eigenvalue weighted by atomic mass is 10.1. The maximum Gasteiger partial charge on any atom is 0.323 e. The van der Waals surface area contributed by atoms with Crippen molar-refractivity contribution in [1.29, 1.82) is 0 Å². The van der Waals surface area contributed by atoms with E-state index in [1.54, 1.807) is 6.20 Å². The van der Waals surface area contributed by atoms with E-state index in [2.05, 4.69) is 15.6 Å². The molecule has 3 aromatic rings. The van der Waals surface area contributed by atoms with E-state index in [1.165, 1.54) is 0 Å². The van der Waals surface area contributed by atoms with Gasteiger partial charge in [-0.2, -0.15) is 0 Å². The molecule has 1 aromatic heterocycles. The molecule has 2 aromatic carbocycles. The number of aryl methyl sites for hydroxylation is 1. The van der Waals surface area contributed by atoms with Crippen LogP contribution in [-0.4, -0.2) is 11.0 Å². The molecular weight excluding hydrogens is 262 g/mol. The molecule has 0 unspecified atom stereocenters. The molecule has 0 spiro atoms. The zero-order chi connectivity index (χ0) is 14.8. The van der Waals surface area contributed by atoms with Gasteiger partial charge in [0.1, 0.15) is 0 Å². The van der Waals surface area contributed by atoms with E-state index in [1.807, 2.05) is 56.3 Å². The summed E-state index contributed by atoms with van der Waals surface area (Å²) in [5, 5.41) is 6.76. The van der Waals surface area contributed by atoms with Crippen molar-refractivity contribution < 1.29 is 4.79 Å². The lowest BCUT2D eigenvalue weighted by molar-refractivity contribution is 0.262. The molecule has 4 nitrogen and oxygen atoms in total. The molecule has 106 valence electrons. The highest BCUT2D eigenvalue weighted by atomic mass is 16.2. The maximum absolute atomic E-state index is 12.2. The van der Waals surface area contributed by atoms with Crippen molar-refractivity contribution >= 4 is 28.3 Å². The van der Waals surface area contributed by atoms with Gasteiger partial charge in [0.05, 0.1) is 5.69 Å². The Morgan fingerprint density at radius 2 is 1.71 bits per heavy atom. The summed E-state index contributed by atoms with van der Waals surface area (Å²) in [5.41, 5.74) is 4.83. The molecule has 2 amide bonds. The molecule has 1 heterocycles. The first kappa shape index (κ1) is 13.2. The minimum absolute atomic E-state index is 0.242. The standard InChI is InChI=1S/C17H17N3O/c1-11-6-5-9-14(12(11)2)19-17(21)20-16-10-18-15-8-4-3-7-13(15)16/h3-10,18H,1-2H3,(H2,19,20,21). The van der Waals surface area contributed by atoms with Crippen molar-refractivity contribution in [3.05, 3.63) is 59.8 Å². The number of aromatic amines is 1. The number of rotatable bonds is 2. The van der Waals surface area contributed by atoms with Gasteiger partial charge in [0.25, 0.3) is 0 Å². The number of anilines is 2. The summed E-state index contributed by atoms with van der Waals surface area (Å²) in [5.74, 6) is 0. The SMILES string of the molecule is Cc1cccc(NC(=O)Nc2c[nH]c3ccccc23)c1C. The molecular formula is C17H17N3O. The van der Waals surface area contributed by atoms with Gasteiger partial charge in [0.15, 0.2) is 0 Å². The van der Waals surface area contributed by atoms with E-state index in [0.29, 0.717) is 0 Å². The second-order valence-corrected chi connectivity index (χ2v) is 5.07. The van der Waals surface area contributed by atoms with Crippen LogP contribution in [-0.2, 0) is 0 Å². The fourth-order valence-corrected chi connectivity index (χ4v) is 2.34. The number of hydrogen-bond donors (Lipinski definition) is 3. The van der Waals surface area contributed by atoms with Crippen LogP contribution in [0.3, 0.4) is 0 Å². The third-order valence-electron chi connectivity index (χ3n) is 3.69. The summed E-state index contributed by atoms with van der Waals surface area (Å²) in [7, 11) is 0. The molecule has 3 N–H and O–H groups in total. The van der Waals surface area contributed by atoms with Crippen LogP contribution in [0.4, 0.5) is 16.2 Å². The first-order chi connectivity index (χ1) is 10.1. The second kappa shape index (κ2) is 5.32. The Labute approximate surface area is 123 Å². The van der Waals surface area contributed by atoms with E-state index in [0.717, 1.165) is 33.4 Å². The predicted octanol–water partition coefficient (Wildman–Crippen LogP) is 4.43. The van der Waals surface area contributed by atoms with Crippen LogP contribution in [0.25, 0.3) is 10.9 Å². The predicted molar refractivity (Wildman–Crippen MR) is 86.9 cm³/mol. The first-order valence-electron chi connectivity index (χ1n) is 6.85. The maximum atomic E-state index is 12.2. The van der Waals surface area contributed by atoms with Crippen LogP contribution in [0.15, 0.2) is 48.7 Å². The van der Waals surface area contributed by atoms with Crippen LogP contribution in [0.2, 0.25) is 0 Å². The van der Waals surface area contributed by atoms with Gasteiger partial charge in [0.2, 0.25) is 0 Å². The van der Waals surface area contributed by atoms with Crippen molar-refractivity contribution in [3.8, 4) is 0 Å². The molecule has 0 aliphatic rings. The summed E-state index contributed by atoms with van der Waals surface area (Å²) >= 11 is 0. The molecule has 0 aliphatic heterocycles. The second-order valence-electron chi connectivity index (χ2n) is 5.07.